The molecule has 0 aromatic rings. The third-order valence-electron chi connectivity index (χ3n) is 2.42. The Morgan fingerprint density at radius 3 is 2.20 bits per heavy atom. The van der Waals surface area contributed by atoms with Gasteiger partial charge in [-0.3, -0.25) is 0 Å². The molecule has 0 aromatic carbocycles. The van der Waals surface area contributed by atoms with Gasteiger partial charge in [0.05, 0.1) is 12.0 Å². The first-order chi connectivity index (χ1) is 4.83. The molecule has 0 unspecified atom stereocenters. The van der Waals surface area contributed by atoms with Gasteiger partial charge in [-0.2, -0.15) is 0 Å². The Morgan fingerprint density at radius 2 is 1.90 bits per heavy atom. The zero-order chi connectivity index (χ0) is 7.45. The fraction of sp³-hybridized carbons (Fsp3) is 0.778. The van der Waals surface area contributed by atoms with Gasteiger partial charge in [0.25, 0.3) is 0 Å². The molecule has 0 atom stereocenters. The van der Waals surface area contributed by atoms with E-state index in [1.807, 2.05) is 0 Å². The number of aliphatic hydroxyl groups is 1. The summed E-state index contributed by atoms with van der Waals surface area (Å²) >= 11 is 0. The molecular weight excluding hydrogens is 124 g/mol. The van der Waals surface area contributed by atoms with Crippen LogP contribution < -0.4 is 0 Å². The van der Waals surface area contributed by atoms with E-state index in [-0.39, 0.29) is 12.0 Å². The monoisotopic (exact) mass is 138 g/mol. The second-order valence-electron chi connectivity index (χ2n) is 3.14. The third kappa shape index (κ3) is 1.33. The molecule has 10 heavy (non-hydrogen) atoms. The second-order valence-corrected chi connectivity index (χ2v) is 3.14. The van der Waals surface area contributed by atoms with Crippen LogP contribution in [0.4, 0.5) is 0 Å². The first kappa shape index (κ1) is 7.63. The molecule has 0 aromatic heterocycles. The molecule has 0 saturated heterocycles. The molecule has 1 saturated carbocycles. The minimum absolute atomic E-state index is 0.155. The van der Waals surface area contributed by atoms with Crippen LogP contribution in [0.2, 0.25) is 0 Å². The summed E-state index contributed by atoms with van der Waals surface area (Å²) in [5.41, 5.74) is -0.155. The fourth-order valence-corrected chi connectivity index (χ4v) is 1.58. The molecule has 1 fully saturated rings. The predicted octanol–water partition coefficient (Wildman–Crippen LogP) is 1.56. The summed E-state index contributed by atoms with van der Waals surface area (Å²) in [5, 5.41) is 9.00. The number of hydrogen-bond acceptors (Lipinski definition) is 1. The van der Waals surface area contributed by atoms with E-state index < -0.39 is 0 Å². The molecule has 0 heterocycles. The summed E-state index contributed by atoms with van der Waals surface area (Å²) in [7, 11) is 0. The number of terminal acetylenes is 1. The number of hydrogen-bond donors (Lipinski definition) is 1. The lowest BCUT2D eigenvalue weighted by molar-refractivity contribution is 0.136. The molecule has 0 aliphatic heterocycles. The summed E-state index contributed by atoms with van der Waals surface area (Å²) in [6.45, 7) is 0.170. The van der Waals surface area contributed by atoms with Gasteiger partial charge < -0.3 is 5.11 Å². The molecule has 0 amide bonds. The van der Waals surface area contributed by atoms with E-state index in [4.69, 9.17) is 11.5 Å². The fourth-order valence-electron chi connectivity index (χ4n) is 1.58. The van der Waals surface area contributed by atoms with Crippen LogP contribution in [0.1, 0.15) is 32.1 Å². The molecule has 0 radical (unpaired) electrons. The number of rotatable bonds is 1. The molecule has 56 valence electrons. The highest BCUT2D eigenvalue weighted by molar-refractivity contribution is 5.06. The van der Waals surface area contributed by atoms with E-state index in [1.165, 1.54) is 19.3 Å². The highest BCUT2D eigenvalue weighted by Crippen LogP contribution is 2.34. The topological polar surface area (TPSA) is 20.2 Å². The maximum absolute atomic E-state index is 9.00. The maximum Gasteiger partial charge on any atom is 0.0597 e. The van der Waals surface area contributed by atoms with Crippen molar-refractivity contribution in [2.45, 2.75) is 32.1 Å². The molecule has 1 rings (SSSR count). The van der Waals surface area contributed by atoms with Crippen molar-refractivity contribution in [1.82, 2.24) is 0 Å². The van der Waals surface area contributed by atoms with Gasteiger partial charge in [0, 0.05) is 0 Å². The minimum Gasteiger partial charge on any atom is -0.395 e. The largest absolute Gasteiger partial charge is 0.395 e. The van der Waals surface area contributed by atoms with Crippen LogP contribution in [0.3, 0.4) is 0 Å². The van der Waals surface area contributed by atoms with E-state index >= 15 is 0 Å². The van der Waals surface area contributed by atoms with Crippen molar-refractivity contribution >= 4 is 0 Å². The van der Waals surface area contributed by atoms with Crippen LogP contribution in [0.15, 0.2) is 0 Å². The van der Waals surface area contributed by atoms with Crippen molar-refractivity contribution in [2.24, 2.45) is 5.41 Å². The van der Waals surface area contributed by atoms with E-state index in [9.17, 15) is 0 Å². The molecule has 0 spiro atoms. The summed E-state index contributed by atoms with van der Waals surface area (Å²) in [4.78, 5) is 0. The van der Waals surface area contributed by atoms with E-state index in [1.54, 1.807) is 0 Å². The Balaban J connectivity index is 2.55. The van der Waals surface area contributed by atoms with Crippen molar-refractivity contribution < 1.29 is 5.11 Å². The summed E-state index contributed by atoms with van der Waals surface area (Å²) < 4.78 is 0. The molecule has 1 aliphatic carbocycles. The SMILES string of the molecule is C#CC1(CO)CCCCC1. The molecule has 0 bridgehead atoms. The lowest BCUT2D eigenvalue weighted by atomic mass is 9.75. The zero-order valence-electron chi connectivity index (χ0n) is 6.27. The normalized spacial score (nSPS) is 23.6. The summed E-state index contributed by atoms with van der Waals surface area (Å²) in [6, 6.07) is 0. The van der Waals surface area contributed by atoms with Crippen molar-refractivity contribution in [1.29, 1.82) is 0 Å². The van der Waals surface area contributed by atoms with Crippen molar-refractivity contribution in [3.63, 3.8) is 0 Å². The van der Waals surface area contributed by atoms with Crippen molar-refractivity contribution in [3.05, 3.63) is 0 Å². The predicted molar refractivity (Wildman–Crippen MR) is 41.4 cm³/mol. The first-order valence-corrected chi connectivity index (χ1v) is 3.92. The molecule has 1 nitrogen and oxygen atoms in total. The highest BCUT2D eigenvalue weighted by Gasteiger charge is 2.28. The lowest BCUT2D eigenvalue weighted by Gasteiger charge is -2.29. The van der Waals surface area contributed by atoms with Gasteiger partial charge in [-0.25, -0.2) is 0 Å². The average Bonchev–Trinajstić information content (AvgIpc) is 2.06. The van der Waals surface area contributed by atoms with Gasteiger partial charge in [-0.15, -0.1) is 6.42 Å². The first-order valence-electron chi connectivity index (χ1n) is 3.92. The molecular formula is C9H14O. The Hall–Kier alpha value is -0.480. The molecule has 1 N–H and O–H groups in total. The van der Waals surface area contributed by atoms with Crippen molar-refractivity contribution in [2.75, 3.05) is 6.61 Å². The van der Waals surface area contributed by atoms with Crippen LogP contribution in [-0.4, -0.2) is 11.7 Å². The van der Waals surface area contributed by atoms with Gasteiger partial charge in [-0.1, -0.05) is 25.2 Å². The third-order valence-corrected chi connectivity index (χ3v) is 2.42. The summed E-state index contributed by atoms with van der Waals surface area (Å²) in [5.74, 6) is 2.72. The maximum atomic E-state index is 9.00. The standard InChI is InChI=1S/C9H14O/c1-2-9(8-10)6-4-3-5-7-9/h1,10H,3-8H2. The smallest absolute Gasteiger partial charge is 0.0597 e. The van der Waals surface area contributed by atoms with Gasteiger partial charge >= 0.3 is 0 Å². The Morgan fingerprint density at radius 1 is 1.30 bits per heavy atom. The van der Waals surface area contributed by atoms with Gasteiger partial charge in [0.15, 0.2) is 0 Å². The lowest BCUT2D eigenvalue weighted by Crippen LogP contribution is -2.25. The van der Waals surface area contributed by atoms with Crippen LogP contribution in [-0.2, 0) is 0 Å². The van der Waals surface area contributed by atoms with Gasteiger partial charge in [0.2, 0.25) is 0 Å². The quantitative estimate of drug-likeness (QED) is 0.545. The van der Waals surface area contributed by atoms with Crippen LogP contribution in [0.5, 0.6) is 0 Å². The average molecular weight is 138 g/mol. The van der Waals surface area contributed by atoms with Crippen molar-refractivity contribution in [3.8, 4) is 12.3 Å². The molecule has 1 heteroatoms. The summed E-state index contributed by atoms with van der Waals surface area (Å²) in [6.07, 6.45) is 11.0. The number of aliphatic hydroxyl groups excluding tert-OH is 1. The second kappa shape index (κ2) is 3.07. The van der Waals surface area contributed by atoms with E-state index in [0.29, 0.717) is 0 Å². The van der Waals surface area contributed by atoms with Gasteiger partial charge in [0.1, 0.15) is 0 Å². The molecule has 1 aliphatic rings. The van der Waals surface area contributed by atoms with Crippen LogP contribution >= 0.6 is 0 Å². The minimum atomic E-state index is -0.155. The van der Waals surface area contributed by atoms with Gasteiger partial charge in [-0.05, 0) is 12.8 Å². The Bertz CT molecular complexity index is 137. The highest BCUT2D eigenvalue weighted by atomic mass is 16.3. The van der Waals surface area contributed by atoms with Crippen LogP contribution in [0.25, 0.3) is 0 Å². The Kier molecular flexibility index (Phi) is 2.34. The zero-order valence-corrected chi connectivity index (χ0v) is 6.27. The Labute approximate surface area is 62.4 Å². The van der Waals surface area contributed by atoms with Crippen LogP contribution in [0, 0.1) is 17.8 Å². The van der Waals surface area contributed by atoms with E-state index in [0.717, 1.165) is 12.8 Å². The van der Waals surface area contributed by atoms with E-state index in [2.05, 4.69) is 5.92 Å².